The van der Waals surface area contributed by atoms with E-state index in [0.717, 1.165) is 0 Å². The molecule has 0 bridgehead atoms. The van der Waals surface area contributed by atoms with Gasteiger partial charge in [0.15, 0.2) is 0 Å². The Balaban J connectivity index is 1.77. The SMILES string of the molecule is CC1(C)C(=O)NCCN1C1NC=C(c2cccc([N+](=O)[O-])c2)O1. The molecule has 8 heteroatoms. The van der Waals surface area contributed by atoms with Crippen molar-refractivity contribution in [2.24, 2.45) is 0 Å². The fraction of sp³-hybridized carbons (Fsp3) is 0.400. The monoisotopic (exact) mass is 318 g/mol. The maximum absolute atomic E-state index is 12.0. The Kier molecular flexibility index (Phi) is 3.69. The van der Waals surface area contributed by atoms with Crippen molar-refractivity contribution in [1.29, 1.82) is 0 Å². The van der Waals surface area contributed by atoms with Crippen LogP contribution in [0.1, 0.15) is 19.4 Å². The molecule has 0 aliphatic carbocycles. The molecule has 23 heavy (non-hydrogen) atoms. The minimum atomic E-state index is -0.706. The van der Waals surface area contributed by atoms with Crippen LogP contribution in [0.4, 0.5) is 5.69 Å². The number of hydrogen-bond acceptors (Lipinski definition) is 6. The van der Waals surface area contributed by atoms with Crippen LogP contribution in [0.5, 0.6) is 0 Å². The third kappa shape index (κ3) is 2.72. The number of amides is 1. The molecule has 2 aliphatic rings. The lowest BCUT2D eigenvalue weighted by Gasteiger charge is -2.43. The van der Waals surface area contributed by atoms with Gasteiger partial charge < -0.3 is 15.4 Å². The van der Waals surface area contributed by atoms with Crippen molar-refractivity contribution in [3.05, 3.63) is 46.1 Å². The Morgan fingerprint density at radius 1 is 1.43 bits per heavy atom. The highest BCUT2D eigenvalue weighted by Crippen LogP contribution is 2.29. The lowest BCUT2D eigenvalue weighted by atomic mass is 9.99. The molecule has 1 atom stereocenters. The second-order valence-corrected chi connectivity index (χ2v) is 5.96. The first-order chi connectivity index (χ1) is 10.9. The number of hydrogen-bond donors (Lipinski definition) is 2. The van der Waals surface area contributed by atoms with E-state index in [2.05, 4.69) is 10.6 Å². The molecule has 0 saturated carbocycles. The van der Waals surface area contributed by atoms with E-state index in [0.29, 0.717) is 24.4 Å². The van der Waals surface area contributed by atoms with Gasteiger partial charge in [0.25, 0.3) is 5.69 Å². The van der Waals surface area contributed by atoms with Crippen molar-refractivity contribution in [1.82, 2.24) is 15.5 Å². The molecule has 2 aliphatic heterocycles. The van der Waals surface area contributed by atoms with Crippen LogP contribution in [0, 0.1) is 10.1 Å². The zero-order chi connectivity index (χ0) is 16.6. The molecule has 2 N–H and O–H groups in total. The van der Waals surface area contributed by atoms with E-state index in [1.165, 1.54) is 12.1 Å². The Bertz CT molecular complexity index is 686. The second-order valence-electron chi connectivity index (χ2n) is 5.96. The lowest BCUT2D eigenvalue weighted by Crippen LogP contribution is -2.66. The third-order valence-corrected chi connectivity index (χ3v) is 4.13. The number of non-ortho nitro benzene ring substituents is 1. The van der Waals surface area contributed by atoms with Gasteiger partial charge in [-0.1, -0.05) is 12.1 Å². The summed E-state index contributed by atoms with van der Waals surface area (Å²) in [5.41, 5.74) is -0.0800. The van der Waals surface area contributed by atoms with Gasteiger partial charge >= 0.3 is 0 Å². The summed E-state index contributed by atoms with van der Waals surface area (Å²) in [5.74, 6) is 0.457. The van der Waals surface area contributed by atoms with Gasteiger partial charge in [-0.25, -0.2) is 4.90 Å². The number of benzene rings is 1. The highest BCUT2D eigenvalue weighted by Gasteiger charge is 2.43. The smallest absolute Gasteiger partial charge is 0.270 e. The number of nitro groups is 1. The molecule has 0 aromatic heterocycles. The number of nitrogens with one attached hydrogen (secondary N) is 2. The molecule has 1 aromatic carbocycles. The highest BCUT2D eigenvalue weighted by molar-refractivity contribution is 5.86. The Hall–Kier alpha value is -2.61. The van der Waals surface area contributed by atoms with Gasteiger partial charge in [-0.15, -0.1) is 0 Å². The molecule has 1 saturated heterocycles. The first-order valence-electron chi connectivity index (χ1n) is 7.32. The van der Waals surface area contributed by atoms with Crippen LogP contribution in [0.15, 0.2) is 30.5 Å². The molecular formula is C15H18N4O4. The summed E-state index contributed by atoms with van der Waals surface area (Å²) in [5, 5.41) is 16.8. The maximum atomic E-state index is 12.0. The van der Waals surface area contributed by atoms with Crippen molar-refractivity contribution in [3.8, 4) is 0 Å². The summed E-state index contributed by atoms with van der Waals surface area (Å²) in [7, 11) is 0. The van der Waals surface area contributed by atoms with Crippen LogP contribution in [0.25, 0.3) is 5.76 Å². The molecule has 0 radical (unpaired) electrons. The predicted molar refractivity (Wildman–Crippen MR) is 82.9 cm³/mol. The van der Waals surface area contributed by atoms with E-state index >= 15 is 0 Å². The normalized spacial score (nSPS) is 23.5. The molecule has 1 fully saturated rings. The van der Waals surface area contributed by atoms with E-state index < -0.39 is 16.8 Å². The quantitative estimate of drug-likeness (QED) is 0.638. The summed E-state index contributed by atoms with van der Waals surface area (Å²) in [6.45, 7) is 4.86. The fourth-order valence-electron chi connectivity index (χ4n) is 2.74. The number of ether oxygens (including phenoxy) is 1. The van der Waals surface area contributed by atoms with E-state index in [-0.39, 0.29) is 11.6 Å². The summed E-state index contributed by atoms with van der Waals surface area (Å²) >= 11 is 0. The highest BCUT2D eigenvalue weighted by atomic mass is 16.6. The largest absolute Gasteiger partial charge is 0.455 e. The Morgan fingerprint density at radius 3 is 2.96 bits per heavy atom. The zero-order valence-electron chi connectivity index (χ0n) is 12.9. The number of carbonyl (C=O) groups excluding carboxylic acids is 1. The first-order valence-corrected chi connectivity index (χ1v) is 7.32. The molecule has 0 spiro atoms. The average Bonchev–Trinajstić information content (AvgIpc) is 2.99. The number of nitro benzene ring substituents is 1. The molecule has 122 valence electrons. The van der Waals surface area contributed by atoms with Crippen LogP contribution < -0.4 is 10.6 Å². The number of piperazine rings is 1. The van der Waals surface area contributed by atoms with Crippen molar-refractivity contribution >= 4 is 17.4 Å². The Morgan fingerprint density at radius 2 is 2.22 bits per heavy atom. The number of rotatable bonds is 3. The van der Waals surface area contributed by atoms with Gasteiger partial charge in [0.05, 0.1) is 10.5 Å². The molecule has 1 amide bonds. The van der Waals surface area contributed by atoms with Crippen molar-refractivity contribution in [2.45, 2.75) is 25.7 Å². The molecule has 8 nitrogen and oxygen atoms in total. The van der Waals surface area contributed by atoms with Crippen LogP contribution in [-0.4, -0.2) is 40.7 Å². The standard InChI is InChI=1S/C15H18N4O4/c1-15(2)13(20)16-6-7-18(15)14-17-9-12(23-14)10-4-3-5-11(8-10)19(21)22/h3-5,8-9,14,17H,6-7H2,1-2H3,(H,16,20). The predicted octanol–water partition coefficient (Wildman–Crippen LogP) is 1.01. The van der Waals surface area contributed by atoms with E-state index in [4.69, 9.17) is 4.74 Å². The van der Waals surface area contributed by atoms with Crippen molar-refractivity contribution in [2.75, 3.05) is 13.1 Å². The van der Waals surface area contributed by atoms with Gasteiger partial charge in [0.2, 0.25) is 12.3 Å². The van der Waals surface area contributed by atoms with E-state index in [1.54, 1.807) is 18.3 Å². The topological polar surface area (TPSA) is 96.7 Å². The first kappa shape index (κ1) is 15.3. The minimum absolute atomic E-state index is 0.00753. The molecule has 1 unspecified atom stereocenters. The zero-order valence-corrected chi connectivity index (χ0v) is 12.9. The fourth-order valence-corrected chi connectivity index (χ4v) is 2.74. The average molecular weight is 318 g/mol. The maximum Gasteiger partial charge on any atom is 0.270 e. The van der Waals surface area contributed by atoms with Gasteiger partial charge in [-0.3, -0.25) is 14.9 Å². The number of nitrogens with zero attached hydrogens (tertiary/aromatic N) is 2. The summed E-state index contributed by atoms with van der Waals surface area (Å²) < 4.78 is 5.88. The number of carbonyl (C=O) groups is 1. The summed E-state index contributed by atoms with van der Waals surface area (Å²) in [6.07, 6.45) is 1.19. The van der Waals surface area contributed by atoms with Gasteiger partial charge in [-0.2, -0.15) is 0 Å². The summed E-state index contributed by atoms with van der Waals surface area (Å²) in [6, 6.07) is 6.26. The van der Waals surface area contributed by atoms with Crippen LogP contribution in [-0.2, 0) is 9.53 Å². The molecule has 2 heterocycles. The van der Waals surface area contributed by atoms with Crippen LogP contribution in [0.2, 0.25) is 0 Å². The van der Waals surface area contributed by atoms with Gasteiger partial charge in [-0.05, 0) is 13.8 Å². The Labute approximate surface area is 133 Å². The van der Waals surface area contributed by atoms with Crippen molar-refractivity contribution < 1.29 is 14.5 Å². The lowest BCUT2D eigenvalue weighted by molar-refractivity contribution is -0.384. The van der Waals surface area contributed by atoms with Gasteiger partial charge in [0, 0.05) is 37.0 Å². The van der Waals surface area contributed by atoms with E-state index in [1.807, 2.05) is 18.7 Å². The third-order valence-electron chi connectivity index (χ3n) is 4.13. The van der Waals surface area contributed by atoms with Crippen LogP contribution >= 0.6 is 0 Å². The van der Waals surface area contributed by atoms with E-state index in [9.17, 15) is 14.9 Å². The second kappa shape index (κ2) is 5.54. The minimum Gasteiger partial charge on any atom is -0.455 e. The van der Waals surface area contributed by atoms with Crippen molar-refractivity contribution in [3.63, 3.8) is 0 Å². The molecule has 1 aromatic rings. The molecular weight excluding hydrogens is 300 g/mol. The van der Waals surface area contributed by atoms with Gasteiger partial charge in [0.1, 0.15) is 5.76 Å². The van der Waals surface area contributed by atoms with Crippen LogP contribution in [0.3, 0.4) is 0 Å². The summed E-state index contributed by atoms with van der Waals surface area (Å²) in [4.78, 5) is 24.4. The molecule has 3 rings (SSSR count).